The minimum absolute atomic E-state index is 0.221. The molecule has 0 amide bonds. The van der Waals surface area contributed by atoms with Gasteiger partial charge in [-0.05, 0) is 49.2 Å². The van der Waals surface area contributed by atoms with Gasteiger partial charge in [-0.1, -0.05) is 23.4 Å². The van der Waals surface area contributed by atoms with Gasteiger partial charge < -0.3 is 5.11 Å². The van der Waals surface area contributed by atoms with Gasteiger partial charge in [0.05, 0.1) is 23.1 Å². The Morgan fingerprint density at radius 3 is 2.64 bits per heavy atom. The van der Waals surface area contributed by atoms with Crippen molar-refractivity contribution in [1.29, 1.82) is 0 Å². The molecule has 0 atom stereocenters. The number of aromatic carboxylic acids is 1. The monoisotopic (exact) mass is 293 g/mol. The second-order valence-corrected chi connectivity index (χ2v) is 5.19. The molecule has 2 aromatic carbocycles. The van der Waals surface area contributed by atoms with Gasteiger partial charge in [0.25, 0.3) is 0 Å². The van der Waals surface area contributed by atoms with Crippen molar-refractivity contribution in [1.82, 2.24) is 15.0 Å². The number of rotatable bonds is 3. The van der Waals surface area contributed by atoms with Crippen LogP contribution in [-0.4, -0.2) is 26.1 Å². The van der Waals surface area contributed by atoms with Gasteiger partial charge >= 0.3 is 5.97 Å². The molecule has 5 nitrogen and oxygen atoms in total. The summed E-state index contributed by atoms with van der Waals surface area (Å²) in [6.07, 6.45) is 1.68. The Morgan fingerprint density at radius 1 is 1.09 bits per heavy atom. The third-order valence-electron chi connectivity index (χ3n) is 3.69. The number of hydrogen-bond acceptors (Lipinski definition) is 3. The SMILES string of the molecule is Cc1ccc(-c2cnnn2-c2cccc(C(=O)O)c2)cc1C. The highest BCUT2D eigenvalue weighted by molar-refractivity contribution is 5.88. The zero-order valence-electron chi connectivity index (χ0n) is 12.3. The van der Waals surface area contributed by atoms with Crippen LogP contribution in [-0.2, 0) is 0 Å². The van der Waals surface area contributed by atoms with E-state index in [1.54, 1.807) is 29.1 Å². The van der Waals surface area contributed by atoms with Gasteiger partial charge in [0.2, 0.25) is 0 Å². The first-order chi connectivity index (χ1) is 10.6. The summed E-state index contributed by atoms with van der Waals surface area (Å²) < 4.78 is 1.65. The van der Waals surface area contributed by atoms with Crippen molar-refractivity contribution < 1.29 is 9.90 Å². The van der Waals surface area contributed by atoms with Crippen molar-refractivity contribution in [3.8, 4) is 16.9 Å². The minimum Gasteiger partial charge on any atom is -0.478 e. The molecule has 0 aliphatic carbocycles. The van der Waals surface area contributed by atoms with Crippen LogP contribution < -0.4 is 0 Å². The second kappa shape index (κ2) is 5.44. The molecular weight excluding hydrogens is 278 g/mol. The maximum atomic E-state index is 11.1. The number of carbonyl (C=O) groups is 1. The summed E-state index contributed by atoms with van der Waals surface area (Å²) in [5, 5.41) is 17.2. The van der Waals surface area contributed by atoms with E-state index in [2.05, 4.69) is 36.3 Å². The van der Waals surface area contributed by atoms with Crippen molar-refractivity contribution >= 4 is 5.97 Å². The van der Waals surface area contributed by atoms with Gasteiger partial charge in [-0.3, -0.25) is 0 Å². The van der Waals surface area contributed by atoms with Gasteiger partial charge in [0, 0.05) is 5.56 Å². The van der Waals surface area contributed by atoms with Crippen molar-refractivity contribution in [3.63, 3.8) is 0 Å². The maximum absolute atomic E-state index is 11.1. The molecule has 1 N–H and O–H groups in total. The van der Waals surface area contributed by atoms with E-state index >= 15 is 0 Å². The Labute approximate surface area is 127 Å². The van der Waals surface area contributed by atoms with E-state index in [1.807, 2.05) is 12.1 Å². The molecule has 0 aliphatic heterocycles. The number of aromatic nitrogens is 3. The Morgan fingerprint density at radius 2 is 1.91 bits per heavy atom. The van der Waals surface area contributed by atoms with Gasteiger partial charge in [-0.15, -0.1) is 5.10 Å². The lowest BCUT2D eigenvalue weighted by Crippen LogP contribution is -2.03. The van der Waals surface area contributed by atoms with Crippen LogP contribution in [0.4, 0.5) is 0 Å². The summed E-state index contributed by atoms with van der Waals surface area (Å²) in [4.78, 5) is 11.1. The van der Waals surface area contributed by atoms with Gasteiger partial charge in [-0.2, -0.15) is 0 Å². The highest BCUT2D eigenvalue weighted by Gasteiger charge is 2.11. The van der Waals surface area contributed by atoms with Gasteiger partial charge in [0.15, 0.2) is 0 Å². The molecule has 22 heavy (non-hydrogen) atoms. The van der Waals surface area contributed by atoms with E-state index in [-0.39, 0.29) is 5.56 Å². The molecule has 1 aromatic heterocycles. The highest BCUT2D eigenvalue weighted by Crippen LogP contribution is 2.24. The predicted octanol–water partition coefficient (Wildman–Crippen LogP) is 3.25. The molecule has 5 heteroatoms. The molecule has 110 valence electrons. The van der Waals surface area contributed by atoms with Crippen LogP contribution in [0.1, 0.15) is 21.5 Å². The largest absolute Gasteiger partial charge is 0.478 e. The zero-order valence-corrected chi connectivity index (χ0v) is 12.3. The molecule has 0 saturated carbocycles. The molecule has 0 radical (unpaired) electrons. The van der Waals surface area contributed by atoms with Crippen LogP contribution in [0, 0.1) is 13.8 Å². The van der Waals surface area contributed by atoms with Crippen LogP contribution in [0.5, 0.6) is 0 Å². The normalized spacial score (nSPS) is 10.6. The number of carboxylic acid groups (broad SMARTS) is 1. The van der Waals surface area contributed by atoms with Gasteiger partial charge in [-0.25, -0.2) is 9.48 Å². The predicted molar refractivity (Wildman–Crippen MR) is 83.2 cm³/mol. The average Bonchev–Trinajstić information content (AvgIpc) is 2.99. The molecule has 0 spiro atoms. The zero-order chi connectivity index (χ0) is 15.7. The Hall–Kier alpha value is -2.95. The van der Waals surface area contributed by atoms with Gasteiger partial charge in [0.1, 0.15) is 0 Å². The van der Waals surface area contributed by atoms with E-state index in [9.17, 15) is 4.79 Å². The lowest BCUT2D eigenvalue weighted by atomic mass is 10.0. The summed E-state index contributed by atoms with van der Waals surface area (Å²) in [6, 6.07) is 12.8. The molecule has 0 saturated heterocycles. The van der Waals surface area contributed by atoms with E-state index in [0.29, 0.717) is 5.69 Å². The molecule has 3 aromatic rings. The quantitative estimate of drug-likeness (QED) is 0.805. The third kappa shape index (κ3) is 2.48. The number of nitrogens with zero attached hydrogens (tertiary/aromatic N) is 3. The van der Waals surface area contributed by atoms with E-state index in [0.717, 1.165) is 11.3 Å². The standard InChI is InChI=1S/C17H15N3O2/c1-11-6-7-13(8-12(11)2)16-10-18-19-20(16)15-5-3-4-14(9-15)17(21)22/h3-10H,1-2H3,(H,21,22). The second-order valence-electron chi connectivity index (χ2n) is 5.19. The Bertz CT molecular complexity index is 853. The van der Waals surface area contributed by atoms with E-state index < -0.39 is 5.97 Å². The Kier molecular flexibility index (Phi) is 3.47. The number of benzene rings is 2. The summed E-state index contributed by atoms with van der Waals surface area (Å²) in [6.45, 7) is 4.11. The molecule has 1 heterocycles. The molecule has 3 rings (SSSR count). The van der Waals surface area contributed by atoms with Crippen molar-refractivity contribution in [2.45, 2.75) is 13.8 Å². The molecule has 0 fully saturated rings. The number of aryl methyl sites for hydroxylation is 2. The van der Waals surface area contributed by atoms with Crippen LogP contribution >= 0.6 is 0 Å². The van der Waals surface area contributed by atoms with Crippen LogP contribution in [0.2, 0.25) is 0 Å². The maximum Gasteiger partial charge on any atom is 0.335 e. The van der Waals surface area contributed by atoms with Crippen LogP contribution in [0.25, 0.3) is 16.9 Å². The summed E-state index contributed by atoms with van der Waals surface area (Å²) in [5.41, 5.74) is 5.12. The molecule has 0 aliphatic rings. The van der Waals surface area contributed by atoms with Crippen molar-refractivity contribution in [3.05, 3.63) is 65.4 Å². The first kappa shape index (κ1) is 14.0. The summed E-state index contributed by atoms with van der Waals surface area (Å²) in [5.74, 6) is -0.963. The first-order valence-corrected chi connectivity index (χ1v) is 6.88. The smallest absolute Gasteiger partial charge is 0.335 e. The first-order valence-electron chi connectivity index (χ1n) is 6.88. The lowest BCUT2D eigenvalue weighted by Gasteiger charge is -2.09. The van der Waals surface area contributed by atoms with E-state index in [4.69, 9.17) is 5.11 Å². The topological polar surface area (TPSA) is 68.0 Å². The minimum atomic E-state index is -0.963. The van der Waals surface area contributed by atoms with Crippen molar-refractivity contribution in [2.75, 3.05) is 0 Å². The summed E-state index contributed by atoms with van der Waals surface area (Å²) in [7, 11) is 0. The fourth-order valence-corrected chi connectivity index (χ4v) is 2.29. The molecule has 0 bridgehead atoms. The fraction of sp³-hybridized carbons (Fsp3) is 0.118. The lowest BCUT2D eigenvalue weighted by molar-refractivity contribution is 0.0697. The molecule has 0 unspecified atom stereocenters. The third-order valence-corrected chi connectivity index (χ3v) is 3.69. The molecular formula is C17H15N3O2. The highest BCUT2D eigenvalue weighted by atomic mass is 16.4. The van der Waals surface area contributed by atoms with E-state index in [1.165, 1.54) is 11.1 Å². The Balaban J connectivity index is 2.11. The fourth-order valence-electron chi connectivity index (χ4n) is 2.29. The van der Waals surface area contributed by atoms with Crippen molar-refractivity contribution in [2.24, 2.45) is 0 Å². The van der Waals surface area contributed by atoms with Crippen LogP contribution in [0.15, 0.2) is 48.7 Å². The van der Waals surface area contributed by atoms with Crippen LogP contribution in [0.3, 0.4) is 0 Å². The summed E-state index contributed by atoms with van der Waals surface area (Å²) >= 11 is 0. The number of carboxylic acids is 1. The number of hydrogen-bond donors (Lipinski definition) is 1. The average molecular weight is 293 g/mol.